The van der Waals surface area contributed by atoms with Crippen molar-refractivity contribution in [3.63, 3.8) is 0 Å². The van der Waals surface area contributed by atoms with Gasteiger partial charge in [0, 0.05) is 0 Å². The molecular formula is C21H25N4O5S-. The van der Waals surface area contributed by atoms with Crippen molar-refractivity contribution in [1.29, 1.82) is 0 Å². The third kappa shape index (κ3) is 5.40. The van der Waals surface area contributed by atoms with E-state index in [0.29, 0.717) is 35.2 Å². The monoisotopic (exact) mass is 445 g/mol. The van der Waals surface area contributed by atoms with Crippen molar-refractivity contribution in [3.05, 3.63) is 59.9 Å². The van der Waals surface area contributed by atoms with E-state index in [0.717, 1.165) is 5.56 Å². The van der Waals surface area contributed by atoms with Crippen LogP contribution in [0.5, 0.6) is 11.5 Å². The quantitative estimate of drug-likeness (QED) is 0.347. The number of aryl methyl sites for hydroxylation is 1. The molecule has 166 valence electrons. The first kappa shape index (κ1) is 22.7. The fraction of sp³-hybridized carbons (Fsp3) is 0.333. The Bertz CT molecular complexity index is 1050. The lowest BCUT2D eigenvalue weighted by Gasteiger charge is -2.27. The molecule has 0 spiro atoms. The number of unbranched alkanes of at least 4 members (excludes halogenated alkanes) is 1. The zero-order valence-electron chi connectivity index (χ0n) is 17.3. The van der Waals surface area contributed by atoms with Crippen LogP contribution in [0, 0.1) is 6.92 Å². The SMILES string of the molecule is Cc1ccc(Oc2ccc(S(=O)(=O)N([NH-])CCCCC3(C)NC(=O)NC3=O)cc2)cc1. The molecule has 31 heavy (non-hydrogen) atoms. The molecule has 1 aliphatic heterocycles. The van der Waals surface area contributed by atoms with Crippen molar-refractivity contribution in [2.75, 3.05) is 6.54 Å². The Morgan fingerprint density at radius 3 is 2.13 bits per heavy atom. The second-order valence-electron chi connectivity index (χ2n) is 7.66. The van der Waals surface area contributed by atoms with Gasteiger partial charge in [-0.25, -0.2) is 13.2 Å². The van der Waals surface area contributed by atoms with Gasteiger partial charge in [0.15, 0.2) is 0 Å². The van der Waals surface area contributed by atoms with Gasteiger partial charge in [-0.15, -0.1) is 0 Å². The standard InChI is InChI=1S/C21H25N4O5S/c1-15-5-7-16(8-6-15)30-17-9-11-18(12-10-17)31(28,29)25(22)14-4-3-13-21(2)19(26)23-20(27)24-21/h5-12,22H,3-4,13-14H2,1-2H3,(H2,23,24,26,27)/q-1. The number of nitrogens with zero attached hydrogens (tertiary/aromatic N) is 1. The van der Waals surface area contributed by atoms with Gasteiger partial charge in [-0.3, -0.25) is 14.5 Å². The van der Waals surface area contributed by atoms with Crippen LogP contribution in [0.25, 0.3) is 5.84 Å². The van der Waals surface area contributed by atoms with E-state index in [1.165, 1.54) is 12.1 Å². The van der Waals surface area contributed by atoms with Gasteiger partial charge in [-0.2, -0.15) is 0 Å². The van der Waals surface area contributed by atoms with Gasteiger partial charge in [-0.1, -0.05) is 17.7 Å². The lowest BCUT2D eigenvalue weighted by molar-refractivity contribution is -0.123. The molecule has 1 aliphatic rings. The zero-order valence-corrected chi connectivity index (χ0v) is 18.2. The Labute approximate surface area is 181 Å². The molecule has 2 aromatic carbocycles. The summed E-state index contributed by atoms with van der Waals surface area (Å²) < 4.78 is 31.5. The summed E-state index contributed by atoms with van der Waals surface area (Å²) in [4.78, 5) is 23.1. The maximum absolute atomic E-state index is 12.6. The predicted octanol–water partition coefficient (Wildman–Crippen LogP) is 3.51. The maximum atomic E-state index is 12.6. The van der Waals surface area contributed by atoms with Gasteiger partial charge in [-0.05, 0) is 76.1 Å². The molecule has 2 aromatic rings. The number of ether oxygens (including phenoxy) is 1. The molecule has 1 saturated heterocycles. The van der Waals surface area contributed by atoms with Gasteiger partial charge < -0.3 is 15.9 Å². The molecule has 1 atom stereocenters. The number of sulfonamides is 1. The summed E-state index contributed by atoms with van der Waals surface area (Å²) in [7, 11) is -3.97. The fourth-order valence-electron chi connectivity index (χ4n) is 3.16. The summed E-state index contributed by atoms with van der Waals surface area (Å²) in [5.41, 5.74) is 0.102. The van der Waals surface area contributed by atoms with Crippen LogP contribution in [0.3, 0.4) is 0 Å². The summed E-state index contributed by atoms with van der Waals surface area (Å²) in [6.45, 7) is 3.55. The van der Waals surface area contributed by atoms with Gasteiger partial charge in [0.05, 0.1) is 4.90 Å². The van der Waals surface area contributed by atoms with Gasteiger partial charge in [0.2, 0.25) is 10.0 Å². The van der Waals surface area contributed by atoms with Crippen molar-refractivity contribution >= 4 is 22.0 Å². The van der Waals surface area contributed by atoms with Crippen LogP contribution < -0.4 is 15.4 Å². The number of nitrogens with one attached hydrogen (secondary N) is 3. The molecule has 0 aromatic heterocycles. The van der Waals surface area contributed by atoms with E-state index in [-0.39, 0.29) is 11.4 Å². The first-order valence-corrected chi connectivity index (χ1v) is 11.3. The molecular weight excluding hydrogens is 420 g/mol. The molecule has 1 heterocycles. The van der Waals surface area contributed by atoms with Crippen LogP contribution in [0.4, 0.5) is 4.79 Å². The second kappa shape index (κ2) is 9.04. The smallest absolute Gasteiger partial charge is 0.322 e. The van der Waals surface area contributed by atoms with E-state index >= 15 is 0 Å². The minimum Gasteiger partial charge on any atom is -0.595 e. The summed E-state index contributed by atoms with van der Waals surface area (Å²) in [5, 5.41) is 4.74. The normalized spacial score (nSPS) is 18.7. The number of imide groups is 1. The Kier molecular flexibility index (Phi) is 6.63. The first-order chi connectivity index (χ1) is 14.6. The van der Waals surface area contributed by atoms with E-state index in [1.54, 1.807) is 19.1 Å². The number of rotatable bonds is 9. The predicted molar refractivity (Wildman–Crippen MR) is 115 cm³/mol. The average Bonchev–Trinajstić information content (AvgIpc) is 2.98. The van der Waals surface area contributed by atoms with Crippen molar-refractivity contribution in [1.82, 2.24) is 15.0 Å². The van der Waals surface area contributed by atoms with Crippen molar-refractivity contribution in [2.24, 2.45) is 0 Å². The van der Waals surface area contributed by atoms with Crippen LogP contribution in [-0.4, -0.2) is 36.9 Å². The highest BCUT2D eigenvalue weighted by atomic mass is 32.2. The van der Waals surface area contributed by atoms with E-state index in [9.17, 15) is 18.0 Å². The summed E-state index contributed by atoms with van der Waals surface area (Å²) in [5.74, 6) is 8.67. The second-order valence-corrected chi connectivity index (χ2v) is 9.52. The minimum absolute atomic E-state index is 0.00634. The van der Waals surface area contributed by atoms with Gasteiger partial charge in [0.1, 0.15) is 17.0 Å². The Morgan fingerprint density at radius 2 is 1.58 bits per heavy atom. The largest absolute Gasteiger partial charge is 0.595 e. The van der Waals surface area contributed by atoms with Crippen LogP contribution in [0.2, 0.25) is 0 Å². The topological polar surface area (TPSA) is 129 Å². The third-order valence-electron chi connectivity index (χ3n) is 5.07. The lowest BCUT2D eigenvalue weighted by Crippen LogP contribution is -2.43. The Balaban J connectivity index is 1.53. The molecule has 3 rings (SSSR count). The molecule has 1 fully saturated rings. The van der Waals surface area contributed by atoms with E-state index < -0.39 is 27.5 Å². The highest BCUT2D eigenvalue weighted by Crippen LogP contribution is 2.25. The van der Waals surface area contributed by atoms with E-state index in [2.05, 4.69) is 10.6 Å². The highest BCUT2D eigenvalue weighted by molar-refractivity contribution is 7.89. The number of hydrogen-bond donors (Lipinski definition) is 2. The first-order valence-electron chi connectivity index (χ1n) is 9.82. The molecule has 0 aliphatic carbocycles. The highest BCUT2D eigenvalue weighted by Gasteiger charge is 2.41. The fourth-order valence-corrected chi connectivity index (χ4v) is 4.26. The van der Waals surface area contributed by atoms with E-state index in [4.69, 9.17) is 10.6 Å². The number of hydrogen-bond acceptors (Lipinski definition) is 5. The Hall–Kier alpha value is -2.95. The number of urea groups is 1. The average molecular weight is 446 g/mol. The number of amides is 3. The molecule has 0 saturated carbocycles. The van der Waals surface area contributed by atoms with E-state index in [1.807, 2.05) is 31.2 Å². The van der Waals surface area contributed by atoms with Crippen LogP contribution in [-0.2, 0) is 14.8 Å². The molecule has 3 N–H and O–H groups in total. The van der Waals surface area contributed by atoms with Crippen molar-refractivity contribution in [3.8, 4) is 11.5 Å². The third-order valence-corrected chi connectivity index (χ3v) is 6.70. The van der Waals surface area contributed by atoms with Crippen molar-refractivity contribution < 1.29 is 22.7 Å². The Morgan fingerprint density at radius 1 is 1.00 bits per heavy atom. The summed E-state index contributed by atoms with van der Waals surface area (Å²) in [6.07, 6.45) is 1.19. The molecule has 1 unspecified atom stereocenters. The molecule has 9 nitrogen and oxygen atoms in total. The van der Waals surface area contributed by atoms with Gasteiger partial charge in [0.25, 0.3) is 5.91 Å². The van der Waals surface area contributed by atoms with Crippen LogP contribution in [0.15, 0.2) is 53.4 Å². The molecule has 0 bridgehead atoms. The molecule has 10 heteroatoms. The van der Waals surface area contributed by atoms with Crippen LogP contribution >= 0.6 is 0 Å². The molecule has 3 amide bonds. The lowest BCUT2D eigenvalue weighted by atomic mass is 9.95. The van der Waals surface area contributed by atoms with Crippen molar-refractivity contribution in [2.45, 2.75) is 43.5 Å². The number of carbonyl (C=O) groups excluding carboxylic acids is 2. The van der Waals surface area contributed by atoms with Gasteiger partial charge >= 0.3 is 6.03 Å². The number of carbonyl (C=O) groups is 2. The summed E-state index contributed by atoms with van der Waals surface area (Å²) in [6, 6.07) is 12.8. The number of benzene rings is 2. The maximum Gasteiger partial charge on any atom is 0.322 e. The zero-order chi connectivity index (χ0) is 22.6. The minimum atomic E-state index is -3.97. The summed E-state index contributed by atoms with van der Waals surface area (Å²) >= 11 is 0. The van der Waals surface area contributed by atoms with Crippen LogP contribution in [0.1, 0.15) is 31.7 Å². The molecule has 0 radical (unpaired) electrons.